The maximum Gasteiger partial charge on any atom is 0.329 e. The van der Waals surface area contributed by atoms with E-state index in [4.69, 9.17) is 9.47 Å². The van der Waals surface area contributed by atoms with Crippen LogP contribution in [0.25, 0.3) is 0 Å². The molecule has 10 nitrogen and oxygen atoms in total. The lowest BCUT2D eigenvalue weighted by molar-refractivity contribution is -0.385. The third kappa shape index (κ3) is 6.66. The molecule has 0 fully saturated rings. The number of hydrogen-bond acceptors (Lipinski definition) is 7. The number of carbonyl (C=O) groups excluding carboxylic acids is 2. The summed E-state index contributed by atoms with van der Waals surface area (Å²) in [7, 11) is 1.53. The molecule has 0 saturated carbocycles. The number of benzene rings is 3. The van der Waals surface area contributed by atoms with Crippen LogP contribution < -0.4 is 20.2 Å². The van der Waals surface area contributed by atoms with Crippen molar-refractivity contribution in [3.05, 3.63) is 92.5 Å². The van der Waals surface area contributed by atoms with E-state index in [0.717, 1.165) is 11.1 Å². The molecule has 2 N–H and O–H groups in total. The zero-order valence-electron chi connectivity index (χ0n) is 20.3. The van der Waals surface area contributed by atoms with Crippen LogP contribution in [0, 0.1) is 30.9 Å². The molecule has 0 aliphatic carbocycles. The van der Waals surface area contributed by atoms with E-state index in [1.807, 2.05) is 26.0 Å². The minimum Gasteiger partial charge on any atom is -0.496 e. The number of nitrogens with one attached hydrogen (secondary N) is 2. The van der Waals surface area contributed by atoms with Crippen LogP contribution in [-0.2, 0) is 16.2 Å². The van der Waals surface area contributed by atoms with Crippen LogP contribution in [0.1, 0.15) is 27.8 Å². The Morgan fingerprint density at radius 1 is 1.00 bits per heavy atom. The highest BCUT2D eigenvalue weighted by Gasteiger charge is 2.14. The van der Waals surface area contributed by atoms with E-state index in [1.54, 1.807) is 37.3 Å². The maximum absolute atomic E-state index is 12.2. The lowest BCUT2D eigenvalue weighted by Crippen LogP contribution is -2.32. The molecule has 3 aromatic carbocycles. The topological polar surface area (TPSA) is 132 Å². The number of ether oxygens (including phenoxy) is 2. The van der Waals surface area contributed by atoms with Crippen molar-refractivity contribution in [2.45, 2.75) is 27.4 Å². The number of methoxy groups -OCH3 is 1. The van der Waals surface area contributed by atoms with Gasteiger partial charge >= 0.3 is 11.8 Å². The molecule has 0 atom stereocenters. The van der Waals surface area contributed by atoms with E-state index < -0.39 is 16.7 Å². The first-order valence-electron chi connectivity index (χ1n) is 10.9. The molecule has 0 bridgehead atoms. The van der Waals surface area contributed by atoms with Gasteiger partial charge < -0.3 is 14.8 Å². The third-order valence-corrected chi connectivity index (χ3v) is 5.28. The van der Waals surface area contributed by atoms with Gasteiger partial charge in [-0.25, -0.2) is 5.43 Å². The zero-order valence-corrected chi connectivity index (χ0v) is 20.3. The number of hydrogen-bond donors (Lipinski definition) is 2. The quantitative estimate of drug-likeness (QED) is 0.211. The van der Waals surface area contributed by atoms with E-state index in [1.165, 1.54) is 25.5 Å². The number of aryl methyl sites for hydroxylation is 3. The predicted molar refractivity (Wildman–Crippen MR) is 135 cm³/mol. The van der Waals surface area contributed by atoms with Crippen molar-refractivity contribution < 1.29 is 24.0 Å². The van der Waals surface area contributed by atoms with Crippen LogP contribution in [0.4, 0.5) is 11.4 Å². The molecular weight excluding hydrogens is 464 g/mol. The maximum atomic E-state index is 12.2. The van der Waals surface area contributed by atoms with Crippen molar-refractivity contribution in [3.63, 3.8) is 0 Å². The fraction of sp³-hybridized carbons (Fsp3) is 0.192. The number of hydrazone groups is 1. The van der Waals surface area contributed by atoms with Gasteiger partial charge in [-0.1, -0.05) is 17.7 Å². The summed E-state index contributed by atoms with van der Waals surface area (Å²) in [6, 6.07) is 15.2. The second kappa shape index (κ2) is 11.6. The van der Waals surface area contributed by atoms with E-state index >= 15 is 0 Å². The number of carbonyl (C=O) groups is 2. The van der Waals surface area contributed by atoms with Crippen molar-refractivity contribution in [1.29, 1.82) is 0 Å². The summed E-state index contributed by atoms with van der Waals surface area (Å²) >= 11 is 0. The first-order chi connectivity index (χ1) is 17.2. The highest BCUT2D eigenvalue weighted by Crippen LogP contribution is 2.26. The second-order valence-corrected chi connectivity index (χ2v) is 8.04. The summed E-state index contributed by atoms with van der Waals surface area (Å²) in [6.07, 6.45) is 1.39. The van der Waals surface area contributed by atoms with Gasteiger partial charge in [0.25, 0.3) is 5.69 Å². The summed E-state index contributed by atoms with van der Waals surface area (Å²) in [5, 5.41) is 17.4. The fourth-order valence-corrected chi connectivity index (χ4v) is 3.42. The molecule has 0 aliphatic heterocycles. The molecule has 3 aromatic rings. The molecule has 0 radical (unpaired) electrons. The van der Waals surface area contributed by atoms with Gasteiger partial charge in [-0.3, -0.25) is 19.7 Å². The number of nitro groups is 1. The van der Waals surface area contributed by atoms with Crippen LogP contribution in [0.3, 0.4) is 0 Å². The highest BCUT2D eigenvalue weighted by molar-refractivity contribution is 6.39. The van der Waals surface area contributed by atoms with E-state index in [0.29, 0.717) is 33.9 Å². The second-order valence-electron chi connectivity index (χ2n) is 8.04. The Hall–Kier alpha value is -4.73. The Morgan fingerprint density at radius 2 is 1.78 bits per heavy atom. The van der Waals surface area contributed by atoms with Gasteiger partial charge in [-0.15, -0.1) is 0 Å². The predicted octanol–water partition coefficient (Wildman–Crippen LogP) is 4.20. The summed E-state index contributed by atoms with van der Waals surface area (Å²) in [4.78, 5) is 34.8. The van der Waals surface area contributed by atoms with Gasteiger partial charge in [0.15, 0.2) is 0 Å². The van der Waals surface area contributed by atoms with Crippen LogP contribution in [-0.4, -0.2) is 30.1 Å². The average molecular weight is 491 g/mol. The van der Waals surface area contributed by atoms with Crippen molar-refractivity contribution in [3.8, 4) is 11.5 Å². The Balaban J connectivity index is 1.62. The van der Waals surface area contributed by atoms with Crippen molar-refractivity contribution in [2.24, 2.45) is 5.10 Å². The fourth-order valence-electron chi connectivity index (χ4n) is 3.42. The number of anilines is 1. The Kier molecular flexibility index (Phi) is 8.35. The molecule has 0 heterocycles. The molecule has 0 spiro atoms. The molecule has 3 rings (SSSR count). The summed E-state index contributed by atoms with van der Waals surface area (Å²) in [5.74, 6) is -0.692. The highest BCUT2D eigenvalue weighted by atomic mass is 16.6. The molecule has 0 aromatic heterocycles. The Morgan fingerprint density at radius 3 is 2.44 bits per heavy atom. The Labute approximate surface area is 208 Å². The molecule has 0 aliphatic rings. The van der Waals surface area contributed by atoms with Gasteiger partial charge in [0.1, 0.15) is 18.1 Å². The van der Waals surface area contributed by atoms with Crippen molar-refractivity contribution >= 4 is 29.4 Å². The third-order valence-electron chi connectivity index (χ3n) is 5.28. The van der Waals surface area contributed by atoms with E-state index in [-0.39, 0.29) is 12.3 Å². The molecule has 186 valence electrons. The molecule has 0 unspecified atom stereocenters. The number of nitrogens with zero attached hydrogens (tertiary/aromatic N) is 2. The van der Waals surface area contributed by atoms with Gasteiger partial charge in [0.05, 0.1) is 18.2 Å². The minimum atomic E-state index is -0.906. The molecule has 10 heteroatoms. The number of nitro benzene ring substituents is 1. The standard InChI is InChI=1S/C26H26N4O6/c1-16-5-8-22(17(2)11-16)28-25(31)26(32)29-27-14-19-6-10-24(35-4)20(13-19)15-36-21-7-9-23(30(33)34)18(3)12-21/h5-14H,15H2,1-4H3,(H,28,31)(H,29,32). The molecule has 36 heavy (non-hydrogen) atoms. The van der Waals surface area contributed by atoms with Crippen molar-refractivity contribution in [2.75, 3.05) is 12.4 Å². The van der Waals surface area contributed by atoms with Gasteiger partial charge in [-0.2, -0.15) is 5.10 Å². The zero-order chi connectivity index (χ0) is 26.2. The summed E-state index contributed by atoms with van der Waals surface area (Å²) in [6.45, 7) is 5.55. The first kappa shape index (κ1) is 25.9. The normalized spacial score (nSPS) is 10.7. The SMILES string of the molecule is COc1ccc(C=NNC(=O)C(=O)Nc2ccc(C)cc2C)cc1COc1ccc([N+](=O)[O-])c(C)c1. The molecular formula is C26H26N4O6. The first-order valence-corrected chi connectivity index (χ1v) is 10.9. The molecule has 2 amide bonds. The van der Waals surface area contributed by atoms with Gasteiger partial charge in [-0.05, 0) is 68.3 Å². The number of rotatable bonds is 8. The van der Waals surface area contributed by atoms with Gasteiger partial charge in [0.2, 0.25) is 0 Å². The van der Waals surface area contributed by atoms with E-state index in [2.05, 4.69) is 15.8 Å². The van der Waals surface area contributed by atoms with Crippen LogP contribution in [0.15, 0.2) is 59.7 Å². The largest absolute Gasteiger partial charge is 0.496 e. The number of amides is 2. The minimum absolute atomic E-state index is 0.0165. The lowest BCUT2D eigenvalue weighted by atomic mass is 10.1. The Bertz CT molecular complexity index is 1340. The summed E-state index contributed by atoms with van der Waals surface area (Å²) < 4.78 is 11.2. The van der Waals surface area contributed by atoms with Crippen LogP contribution in [0.5, 0.6) is 11.5 Å². The van der Waals surface area contributed by atoms with E-state index in [9.17, 15) is 19.7 Å². The smallest absolute Gasteiger partial charge is 0.329 e. The monoisotopic (exact) mass is 490 g/mol. The van der Waals surface area contributed by atoms with Crippen LogP contribution in [0.2, 0.25) is 0 Å². The van der Waals surface area contributed by atoms with Crippen LogP contribution >= 0.6 is 0 Å². The lowest BCUT2D eigenvalue weighted by Gasteiger charge is -2.11. The van der Waals surface area contributed by atoms with Gasteiger partial charge in [0, 0.05) is 22.9 Å². The summed E-state index contributed by atoms with van der Waals surface area (Å²) in [5.41, 5.74) is 6.48. The van der Waals surface area contributed by atoms with Crippen molar-refractivity contribution in [1.82, 2.24) is 5.43 Å². The average Bonchev–Trinajstić information content (AvgIpc) is 2.84. The molecule has 0 saturated heterocycles.